The van der Waals surface area contributed by atoms with Gasteiger partial charge in [-0.3, -0.25) is 9.69 Å². The van der Waals surface area contributed by atoms with Gasteiger partial charge >= 0.3 is 5.97 Å². The average Bonchev–Trinajstić information content (AvgIpc) is 2.79. The maximum absolute atomic E-state index is 13.1. The van der Waals surface area contributed by atoms with E-state index in [9.17, 15) is 18.0 Å². The third-order valence-corrected chi connectivity index (χ3v) is 6.47. The van der Waals surface area contributed by atoms with Crippen molar-refractivity contribution < 1.29 is 27.5 Å². The van der Waals surface area contributed by atoms with E-state index in [4.69, 9.17) is 26.2 Å². The van der Waals surface area contributed by atoms with Gasteiger partial charge in [-0.25, -0.2) is 18.4 Å². The van der Waals surface area contributed by atoms with Crippen molar-refractivity contribution in [2.45, 2.75) is 10.9 Å². The molecule has 2 N–H and O–H groups in total. The first-order valence-corrected chi connectivity index (χ1v) is 11.7. The highest BCUT2D eigenvalue weighted by molar-refractivity contribution is 7.89. The normalized spacial score (nSPS) is 15.8. The minimum atomic E-state index is -3.98. The van der Waals surface area contributed by atoms with E-state index in [0.717, 1.165) is 5.56 Å². The summed E-state index contributed by atoms with van der Waals surface area (Å²) in [5.74, 6) is -0.541. The topological polar surface area (TPSA) is 119 Å². The standard InChI is InChI=1S/C21H24ClN3O6S/c1-30-18-8-7-16(32(23,28)29)13-17(18)20(26)25-11-9-24(10-12-25)19(21(27)31-2)14-3-5-15(22)6-4-14/h3-8,13,19H,9-12H2,1-2H3,(H2,23,28,29). The summed E-state index contributed by atoms with van der Waals surface area (Å²) < 4.78 is 33.6. The Morgan fingerprint density at radius 2 is 1.66 bits per heavy atom. The second kappa shape index (κ2) is 9.86. The molecule has 0 bridgehead atoms. The van der Waals surface area contributed by atoms with Crippen molar-refractivity contribution in [1.29, 1.82) is 0 Å². The van der Waals surface area contributed by atoms with Gasteiger partial charge in [-0.15, -0.1) is 0 Å². The summed E-state index contributed by atoms with van der Waals surface area (Å²) in [7, 11) is -1.25. The van der Waals surface area contributed by atoms with Crippen LogP contribution in [0.5, 0.6) is 5.75 Å². The Bertz CT molecular complexity index is 1100. The lowest BCUT2D eigenvalue weighted by atomic mass is 10.0. The fourth-order valence-corrected chi connectivity index (χ4v) is 4.30. The number of carbonyl (C=O) groups is 2. The number of primary sulfonamides is 1. The third-order valence-electron chi connectivity index (χ3n) is 5.31. The Kier molecular flexibility index (Phi) is 7.40. The van der Waals surface area contributed by atoms with Gasteiger partial charge in [0, 0.05) is 31.2 Å². The molecule has 0 saturated carbocycles. The lowest BCUT2D eigenvalue weighted by Gasteiger charge is -2.38. The number of nitrogens with zero attached hydrogens (tertiary/aromatic N) is 2. The SMILES string of the molecule is COC(=O)C(c1ccc(Cl)cc1)N1CCN(C(=O)c2cc(S(N)(=O)=O)ccc2OC)CC1. The molecule has 1 heterocycles. The van der Waals surface area contributed by atoms with E-state index in [1.807, 2.05) is 4.90 Å². The number of halogens is 1. The van der Waals surface area contributed by atoms with Gasteiger partial charge in [0.25, 0.3) is 5.91 Å². The summed E-state index contributed by atoms with van der Waals surface area (Å²) in [6, 6.07) is 10.2. The van der Waals surface area contributed by atoms with Gasteiger partial charge in [-0.2, -0.15) is 0 Å². The van der Waals surface area contributed by atoms with Crippen molar-refractivity contribution in [3.8, 4) is 5.75 Å². The molecule has 1 amide bonds. The Morgan fingerprint density at radius 1 is 1.03 bits per heavy atom. The number of hydrogen-bond donors (Lipinski definition) is 1. The number of carbonyl (C=O) groups excluding carboxylic acids is 2. The molecular weight excluding hydrogens is 458 g/mol. The highest BCUT2D eigenvalue weighted by Gasteiger charge is 2.33. The number of amides is 1. The summed E-state index contributed by atoms with van der Waals surface area (Å²) in [5.41, 5.74) is 0.846. The zero-order chi connectivity index (χ0) is 23.5. The van der Waals surface area contributed by atoms with Crippen LogP contribution in [0.4, 0.5) is 0 Å². The minimum absolute atomic E-state index is 0.106. The molecule has 172 valence electrons. The molecule has 0 aliphatic carbocycles. The molecule has 1 atom stereocenters. The molecule has 1 saturated heterocycles. The quantitative estimate of drug-likeness (QED) is 0.623. The molecular formula is C21H24ClN3O6S. The monoisotopic (exact) mass is 481 g/mol. The Labute approximate surface area is 191 Å². The number of benzene rings is 2. The van der Waals surface area contributed by atoms with Crippen LogP contribution in [-0.4, -0.2) is 70.5 Å². The average molecular weight is 482 g/mol. The van der Waals surface area contributed by atoms with Gasteiger partial charge in [-0.1, -0.05) is 23.7 Å². The maximum atomic E-state index is 13.1. The van der Waals surface area contributed by atoms with E-state index >= 15 is 0 Å². The first-order chi connectivity index (χ1) is 15.2. The summed E-state index contributed by atoms with van der Waals surface area (Å²) >= 11 is 5.96. The zero-order valence-electron chi connectivity index (χ0n) is 17.7. The highest BCUT2D eigenvalue weighted by Crippen LogP contribution is 2.27. The van der Waals surface area contributed by atoms with Crippen molar-refractivity contribution in [2.75, 3.05) is 40.4 Å². The van der Waals surface area contributed by atoms with Gasteiger partial charge in [0.15, 0.2) is 0 Å². The predicted octanol–water partition coefficient (Wildman–Crippen LogP) is 1.67. The summed E-state index contributed by atoms with van der Waals surface area (Å²) in [6.07, 6.45) is 0. The van der Waals surface area contributed by atoms with Gasteiger partial charge in [0.2, 0.25) is 10.0 Å². The number of hydrogen-bond acceptors (Lipinski definition) is 7. The Balaban J connectivity index is 1.79. The van der Waals surface area contributed by atoms with Crippen molar-refractivity contribution >= 4 is 33.5 Å². The lowest BCUT2D eigenvalue weighted by Crippen LogP contribution is -2.51. The second-order valence-electron chi connectivity index (χ2n) is 7.21. The van der Waals surface area contributed by atoms with Crippen LogP contribution in [-0.2, 0) is 19.6 Å². The molecule has 0 aromatic heterocycles. The summed E-state index contributed by atoms with van der Waals surface area (Å²) in [4.78, 5) is 28.9. The lowest BCUT2D eigenvalue weighted by molar-refractivity contribution is -0.148. The molecule has 2 aromatic carbocycles. The van der Waals surface area contributed by atoms with E-state index in [0.29, 0.717) is 31.2 Å². The first-order valence-electron chi connectivity index (χ1n) is 9.73. The fraction of sp³-hybridized carbons (Fsp3) is 0.333. The number of nitrogens with two attached hydrogens (primary N) is 1. The highest BCUT2D eigenvalue weighted by atomic mass is 35.5. The molecule has 1 unspecified atom stereocenters. The van der Waals surface area contributed by atoms with Crippen LogP contribution in [0.2, 0.25) is 5.02 Å². The van der Waals surface area contributed by atoms with E-state index < -0.39 is 22.0 Å². The van der Waals surface area contributed by atoms with Crippen molar-refractivity contribution in [1.82, 2.24) is 9.80 Å². The van der Waals surface area contributed by atoms with Crippen LogP contribution in [0, 0.1) is 0 Å². The Hall–Kier alpha value is -2.66. The van der Waals surface area contributed by atoms with Crippen molar-refractivity contribution in [3.63, 3.8) is 0 Å². The number of esters is 1. The van der Waals surface area contributed by atoms with E-state index in [-0.39, 0.29) is 22.1 Å². The molecule has 0 spiro atoms. The number of sulfonamides is 1. The molecule has 32 heavy (non-hydrogen) atoms. The third kappa shape index (κ3) is 5.21. The van der Waals surface area contributed by atoms with Crippen LogP contribution in [0.3, 0.4) is 0 Å². The van der Waals surface area contributed by atoms with E-state index in [2.05, 4.69) is 0 Å². The molecule has 9 nitrogen and oxygen atoms in total. The van der Waals surface area contributed by atoms with E-state index in [1.165, 1.54) is 32.4 Å². The zero-order valence-corrected chi connectivity index (χ0v) is 19.2. The van der Waals surface area contributed by atoms with Crippen LogP contribution < -0.4 is 9.88 Å². The maximum Gasteiger partial charge on any atom is 0.327 e. The molecule has 1 aliphatic rings. The molecule has 3 rings (SSSR count). The molecule has 11 heteroatoms. The molecule has 0 radical (unpaired) electrons. The molecule has 1 fully saturated rings. The summed E-state index contributed by atoms with van der Waals surface area (Å²) in [6.45, 7) is 1.46. The number of rotatable bonds is 6. The van der Waals surface area contributed by atoms with Crippen LogP contribution >= 0.6 is 11.6 Å². The van der Waals surface area contributed by atoms with Crippen LogP contribution in [0.15, 0.2) is 47.4 Å². The smallest absolute Gasteiger partial charge is 0.327 e. The number of piperazine rings is 1. The van der Waals surface area contributed by atoms with Crippen LogP contribution in [0.1, 0.15) is 22.0 Å². The number of methoxy groups -OCH3 is 2. The van der Waals surface area contributed by atoms with Crippen molar-refractivity contribution in [2.24, 2.45) is 5.14 Å². The predicted molar refractivity (Wildman–Crippen MR) is 118 cm³/mol. The molecule has 1 aliphatic heterocycles. The van der Waals surface area contributed by atoms with E-state index in [1.54, 1.807) is 29.2 Å². The minimum Gasteiger partial charge on any atom is -0.496 e. The van der Waals surface area contributed by atoms with Gasteiger partial charge < -0.3 is 14.4 Å². The summed E-state index contributed by atoms with van der Waals surface area (Å²) in [5, 5.41) is 5.76. The largest absolute Gasteiger partial charge is 0.496 e. The first kappa shape index (κ1) is 24.0. The van der Waals surface area contributed by atoms with Gasteiger partial charge in [-0.05, 0) is 35.9 Å². The van der Waals surface area contributed by atoms with Gasteiger partial charge in [0.05, 0.1) is 24.7 Å². The van der Waals surface area contributed by atoms with Gasteiger partial charge in [0.1, 0.15) is 11.8 Å². The fourth-order valence-electron chi connectivity index (χ4n) is 3.64. The molecule has 2 aromatic rings. The van der Waals surface area contributed by atoms with Crippen LogP contribution in [0.25, 0.3) is 0 Å². The second-order valence-corrected chi connectivity index (χ2v) is 9.21. The Morgan fingerprint density at radius 3 is 2.19 bits per heavy atom. The van der Waals surface area contributed by atoms with Crippen molar-refractivity contribution in [3.05, 3.63) is 58.6 Å². The number of ether oxygens (including phenoxy) is 2.